The molecule has 0 aromatic heterocycles. The van der Waals surface area contributed by atoms with E-state index < -0.39 is 0 Å². The fraction of sp³-hybridized carbons (Fsp3) is 0.500. The van der Waals surface area contributed by atoms with Gasteiger partial charge < -0.3 is 20.3 Å². The highest BCUT2D eigenvalue weighted by Crippen LogP contribution is 2.18. The summed E-state index contributed by atoms with van der Waals surface area (Å²) >= 11 is 0. The third-order valence-corrected chi connectivity index (χ3v) is 3.87. The Morgan fingerprint density at radius 2 is 2.09 bits per heavy atom. The van der Waals surface area contributed by atoms with E-state index in [2.05, 4.69) is 0 Å². The maximum Gasteiger partial charge on any atom is 0.409 e. The maximum absolute atomic E-state index is 12.0. The van der Waals surface area contributed by atoms with Crippen LogP contribution in [0.5, 0.6) is 0 Å². The summed E-state index contributed by atoms with van der Waals surface area (Å²) in [6, 6.07) is 9.58. The molecule has 1 atom stereocenters. The molecule has 2 amide bonds. The first-order valence-corrected chi connectivity index (χ1v) is 7.53. The van der Waals surface area contributed by atoms with Gasteiger partial charge in [0.15, 0.2) is 0 Å². The van der Waals surface area contributed by atoms with Crippen molar-refractivity contribution in [2.45, 2.75) is 25.5 Å². The highest BCUT2D eigenvalue weighted by molar-refractivity contribution is 5.78. The third kappa shape index (κ3) is 4.21. The zero-order valence-corrected chi connectivity index (χ0v) is 12.9. The van der Waals surface area contributed by atoms with Gasteiger partial charge in [-0.05, 0) is 18.4 Å². The standard InChI is InChI=1S/C16H23N3O3/c1-18(11-14-8-5-9-19(14)15(20)10-17)16(21)22-12-13-6-3-2-4-7-13/h2-4,6-7,14H,5,8-12,17H2,1H3/t14-/m0/s1. The summed E-state index contributed by atoms with van der Waals surface area (Å²) in [5.41, 5.74) is 6.37. The predicted molar refractivity (Wildman–Crippen MR) is 83.0 cm³/mol. The number of nitrogens with zero attached hydrogens (tertiary/aromatic N) is 2. The Balaban J connectivity index is 1.82. The molecule has 6 nitrogen and oxygen atoms in total. The SMILES string of the molecule is CN(C[C@@H]1CCCN1C(=O)CN)C(=O)OCc1ccccc1. The zero-order valence-electron chi connectivity index (χ0n) is 12.9. The van der Waals surface area contributed by atoms with Gasteiger partial charge in [-0.15, -0.1) is 0 Å². The van der Waals surface area contributed by atoms with Crippen molar-refractivity contribution in [1.82, 2.24) is 9.80 Å². The summed E-state index contributed by atoms with van der Waals surface area (Å²) in [4.78, 5) is 27.1. The van der Waals surface area contributed by atoms with E-state index in [-0.39, 0.29) is 31.2 Å². The van der Waals surface area contributed by atoms with Crippen molar-refractivity contribution in [1.29, 1.82) is 0 Å². The number of ether oxygens (including phenoxy) is 1. The molecule has 0 radical (unpaired) electrons. The molecule has 0 aliphatic carbocycles. The lowest BCUT2D eigenvalue weighted by atomic mass is 10.2. The van der Waals surface area contributed by atoms with Crippen LogP contribution >= 0.6 is 0 Å². The first-order chi connectivity index (χ1) is 10.6. The fourth-order valence-electron chi connectivity index (χ4n) is 2.69. The largest absolute Gasteiger partial charge is 0.445 e. The highest BCUT2D eigenvalue weighted by Gasteiger charge is 2.29. The van der Waals surface area contributed by atoms with Crippen LogP contribution in [0.4, 0.5) is 4.79 Å². The minimum absolute atomic E-state index is 0.0126. The second-order valence-corrected chi connectivity index (χ2v) is 5.51. The second kappa shape index (κ2) is 7.79. The van der Waals surface area contributed by atoms with Crippen LogP contribution in [0, 0.1) is 0 Å². The molecule has 0 unspecified atom stereocenters. The maximum atomic E-state index is 12.0. The second-order valence-electron chi connectivity index (χ2n) is 5.51. The summed E-state index contributed by atoms with van der Waals surface area (Å²) < 4.78 is 5.28. The van der Waals surface area contributed by atoms with Crippen LogP contribution in [0.3, 0.4) is 0 Å². The molecule has 1 aromatic carbocycles. The van der Waals surface area contributed by atoms with E-state index in [1.807, 2.05) is 30.3 Å². The summed E-state index contributed by atoms with van der Waals surface area (Å²) in [7, 11) is 1.69. The number of nitrogens with two attached hydrogens (primary N) is 1. The molecule has 6 heteroatoms. The van der Waals surface area contributed by atoms with Crippen molar-refractivity contribution >= 4 is 12.0 Å². The van der Waals surface area contributed by atoms with Crippen molar-refractivity contribution < 1.29 is 14.3 Å². The molecule has 1 aliphatic rings. The predicted octanol–water partition coefficient (Wildman–Crippen LogP) is 1.20. The molecular formula is C16H23N3O3. The average molecular weight is 305 g/mol. The number of likely N-dealkylation sites (N-methyl/N-ethyl adjacent to an activating group) is 1. The molecule has 0 spiro atoms. The Kier molecular flexibility index (Phi) is 5.77. The lowest BCUT2D eigenvalue weighted by Crippen LogP contribution is -2.45. The quantitative estimate of drug-likeness (QED) is 0.887. The Morgan fingerprint density at radius 3 is 2.77 bits per heavy atom. The number of hydrogen-bond acceptors (Lipinski definition) is 4. The van der Waals surface area contributed by atoms with Gasteiger partial charge in [-0.1, -0.05) is 30.3 Å². The van der Waals surface area contributed by atoms with Gasteiger partial charge in [0, 0.05) is 26.2 Å². The van der Waals surface area contributed by atoms with Gasteiger partial charge in [0.05, 0.1) is 6.54 Å². The van der Waals surface area contributed by atoms with E-state index in [0.29, 0.717) is 13.1 Å². The van der Waals surface area contributed by atoms with Gasteiger partial charge >= 0.3 is 6.09 Å². The number of amides is 2. The van der Waals surface area contributed by atoms with Crippen molar-refractivity contribution in [3.8, 4) is 0 Å². The number of carbonyl (C=O) groups excluding carboxylic acids is 2. The van der Waals surface area contributed by atoms with Crippen molar-refractivity contribution in [3.63, 3.8) is 0 Å². The molecule has 22 heavy (non-hydrogen) atoms. The van der Waals surface area contributed by atoms with Gasteiger partial charge in [-0.3, -0.25) is 4.79 Å². The number of benzene rings is 1. The highest BCUT2D eigenvalue weighted by atomic mass is 16.6. The number of rotatable bonds is 5. The Morgan fingerprint density at radius 1 is 1.36 bits per heavy atom. The summed E-state index contributed by atoms with van der Waals surface area (Å²) in [5.74, 6) is -0.0615. The van der Waals surface area contributed by atoms with Crippen LogP contribution in [-0.2, 0) is 16.1 Å². The first-order valence-electron chi connectivity index (χ1n) is 7.53. The molecule has 1 aliphatic heterocycles. The minimum atomic E-state index is -0.379. The molecule has 1 aromatic rings. The average Bonchev–Trinajstić information content (AvgIpc) is 3.00. The van der Waals surface area contributed by atoms with E-state index in [4.69, 9.17) is 10.5 Å². The van der Waals surface area contributed by atoms with Crippen LogP contribution in [0.15, 0.2) is 30.3 Å². The molecular weight excluding hydrogens is 282 g/mol. The number of likely N-dealkylation sites (tertiary alicyclic amines) is 1. The van der Waals surface area contributed by atoms with Crippen LogP contribution in [0.25, 0.3) is 0 Å². The van der Waals surface area contributed by atoms with Crippen LogP contribution in [0.2, 0.25) is 0 Å². The van der Waals surface area contributed by atoms with Gasteiger partial charge in [0.2, 0.25) is 5.91 Å². The fourth-order valence-corrected chi connectivity index (χ4v) is 2.69. The topological polar surface area (TPSA) is 75.9 Å². The van der Waals surface area contributed by atoms with E-state index in [0.717, 1.165) is 18.4 Å². The van der Waals surface area contributed by atoms with E-state index in [1.165, 1.54) is 4.90 Å². The molecule has 120 valence electrons. The third-order valence-electron chi connectivity index (χ3n) is 3.87. The molecule has 2 N–H and O–H groups in total. The molecule has 0 saturated carbocycles. The smallest absolute Gasteiger partial charge is 0.409 e. The van der Waals surface area contributed by atoms with Crippen LogP contribution in [-0.4, -0.2) is 54.5 Å². The van der Waals surface area contributed by atoms with Crippen molar-refractivity contribution in [3.05, 3.63) is 35.9 Å². The molecule has 1 saturated heterocycles. The molecule has 2 rings (SSSR count). The van der Waals surface area contributed by atoms with E-state index in [1.54, 1.807) is 11.9 Å². The molecule has 0 bridgehead atoms. The lowest BCUT2D eigenvalue weighted by molar-refractivity contribution is -0.130. The van der Waals surface area contributed by atoms with Crippen LogP contribution in [0.1, 0.15) is 18.4 Å². The number of hydrogen-bond donors (Lipinski definition) is 1. The first kappa shape index (κ1) is 16.3. The number of carbonyl (C=O) groups is 2. The summed E-state index contributed by atoms with van der Waals surface area (Å²) in [6.45, 7) is 1.45. The minimum Gasteiger partial charge on any atom is -0.445 e. The van der Waals surface area contributed by atoms with E-state index >= 15 is 0 Å². The lowest BCUT2D eigenvalue weighted by Gasteiger charge is -2.28. The zero-order chi connectivity index (χ0) is 15.9. The van der Waals surface area contributed by atoms with Gasteiger partial charge in [0.1, 0.15) is 6.61 Å². The Labute approximate surface area is 130 Å². The summed E-state index contributed by atoms with van der Waals surface area (Å²) in [5, 5.41) is 0. The Bertz CT molecular complexity index is 507. The Hall–Kier alpha value is -2.08. The van der Waals surface area contributed by atoms with Crippen molar-refractivity contribution in [2.24, 2.45) is 5.73 Å². The molecule has 1 heterocycles. The van der Waals surface area contributed by atoms with E-state index in [9.17, 15) is 9.59 Å². The van der Waals surface area contributed by atoms with Gasteiger partial charge in [-0.2, -0.15) is 0 Å². The molecule has 1 fully saturated rings. The normalized spacial score (nSPS) is 17.4. The monoisotopic (exact) mass is 305 g/mol. The van der Waals surface area contributed by atoms with Crippen molar-refractivity contribution in [2.75, 3.05) is 26.7 Å². The van der Waals surface area contributed by atoms with Gasteiger partial charge in [-0.25, -0.2) is 4.79 Å². The van der Waals surface area contributed by atoms with Gasteiger partial charge in [0.25, 0.3) is 0 Å². The summed E-state index contributed by atoms with van der Waals surface area (Å²) in [6.07, 6.45) is 1.46. The van der Waals surface area contributed by atoms with Crippen LogP contribution < -0.4 is 5.73 Å².